The number of hydrogen-bond acceptors (Lipinski definition) is 3. The molecule has 0 bridgehead atoms. The predicted octanol–water partition coefficient (Wildman–Crippen LogP) is 3.99. The highest BCUT2D eigenvalue weighted by molar-refractivity contribution is 5.70. The van der Waals surface area contributed by atoms with Gasteiger partial charge in [0.15, 0.2) is 0 Å². The number of hydrogen-bond donors (Lipinski definition) is 1. The van der Waals surface area contributed by atoms with E-state index in [1.54, 1.807) is 30.6 Å². The molecule has 2 heterocycles. The van der Waals surface area contributed by atoms with Crippen molar-refractivity contribution in [2.24, 2.45) is 5.92 Å². The molecule has 0 aliphatic carbocycles. The molecule has 0 spiro atoms. The molecule has 1 aliphatic heterocycles. The normalized spacial score (nSPS) is 19.9. The van der Waals surface area contributed by atoms with Crippen molar-refractivity contribution in [1.29, 1.82) is 0 Å². The van der Waals surface area contributed by atoms with E-state index < -0.39 is 29.7 Å². The third kappa shape index (κ3) is 4.04. The standard InChI is InChI=1S/C19H19F3N2O2/c20-19(21,22)16-5-1-3-14(11-16)17(13-6-8-23-9-7-13)24-10-2-4-15(12-24)18(25)26/h1,3,5-9,11,15,17H,2,4,10,12H2,(H,25,26). The minimum Gasteiger partial charge on any atom is -0.481 e. The lowest BCUT2D eigenvalue weighted by Gasteiger charge is -2.37. The van der Waals surface area contributed by atoms with Crippen molar-refractivity contribution in [3.05, 3.63) is 65.5 Å². The molecular formula is C19H19F3N2O2. The van der Waals surface area contributed by atoms with Crippen LogP contribution in [0.2, 0.25) is 0 Å². The molecule has 1 fully saturated rings. The van der Waals surface area contributed by atoms with Crippen LogP contribution < -0.4 is 0 Å². The van der Waals surface area contributed by atoms with Crippen molar-refractivity contribution in [3.63, 3.8) is 0 Å². The number of piperidine rings is 1. The van der Waals surface area contributed by atoms with Gasteiger partial charge in [0.1, 0.15) is 0 Å². The fourth-order valence-corrected chi connectivity index (χ4v) is 3.49. The van der Waals surface area contributed by atoms with Gasteiger partial charge < -0.3 is 5.11 Å². The van der Waals surface area contributed by atoms with Gasteiger partial charge >= 0.3 is 12.1 Å². The number of carboxylic acid groups (broad SMARTS) is 1. The van der Waals surface area contributed by atoms with Crippen LogP contribution in [-0.2, 0) is 11.0 Å². The molecule has 0 amide bonds. The lowest BCUT2D eigenvalue weighted by Crippen LogP contribution is -2.41. The summed E-state index contributed by atoms with van der Waals surface area (Å²) in [6.45, 7) is 0.936. The van der Waals surface area contributed by atoms with Crippen LogP contribution in [0.3, 0.4) is 0 Å². The van der Waals surface area contributed by atoms with Gasteiger partial charge in [0, 0.05) is 18.9 Å². The maximum atomic E-state index is 13.1. The van der Waals surface area contributed by atoms with E-state index in [1.807, 2.05) is 4.90 Å². The van der Waals surface area contributed by atoms with Crippen LogP contribution in [-0.4, -0.2) is 34.0 Å². The number of nitrogens with zero attached hydrogens (tertiary/aromatic N) is 2. The van der Waals surface area contributed by atoms with E-state index in [2.05, 4.69) is 4.98 Å². The van der Waals surface area contributed by atoms with Crippen molar-refractivity contribution < 1.29 is 23.1 Å². The molecule has 7 heteroatoms. The Hall–Kier alpha value is -2.41. The first-order valence-electron chi connectivity index (χ1n) is 8.40. The van der Waals surface area contributed by atoms with E-state index >= 15 is 0 Å². The van der Waals surface area contributed by atoms with Gasteiger partial charge in [-0.25, -0.2) is 0 Å². The van der Waals surface area contributed by atoms with Crippen LogP contribution in [0.5, 0.6) is 0 Å². The molecular weight excluding hydrogens is 345 g/mol. The molecule has 4 nitrogen and oxygen atoms in total. The zero-order chi connectivity index (χ0) is 18.7. The molecule has 1 aliphatic rings. The van der Waals surface area contributed by atoms with Crippen molar-refractivity contribution in [2.45, 2.75) is 25.1 Å². The van der Waals surface area contributed by atoms with E-state index in [4.69, 9.17) is 0 Å². The highest BCUT2D eigenvalue weighted by Gasteiger charge is 2.34. The van der Waals surface area contributed by atoms with Crippen LogP contribution in [0.15, 0.2) is 48.8 Å². The molecule has 1 aromatic carbocycles. The number of rotatable bonds is 4. The Bertz CT molecular complexity index is 765. The summed E-state index contributed by atoms with van der Waals surface area (Å²) in [7, 11) is 0. The number of aliphatic carboxylic acids is 1. The predicted molar refractivity (Wildman–Crippen MR) is 89.5 cm³/mol. The highest BCUT2D eigenvalue weighted by atomic mass is 19.4. The average molecular weight is 364 g/mol. The maximum Gasteiger partial charge on any atom is 0.416 e. The molecule has 138 valence electrons. The molecule has 2 aromatic rings. The van der Waals surface area contributed by atoms with Crippen LogP contribution in [0.1, 0.15) is 35.6 Å². The Balaban J connectivity index is 2.01. The summed E-state index contributed by atoms with van der Waals surface area (Å²) >= 11 is 0. The van der Waals surface area contributed by atoms with Crippen molar-refractivity contribution in [1.82, 2.24) is 9.88 Å². The van der Waals surface area contributed by atoms with Gasteiger partial charge in [-0.3, -0.25) is 14.7 Å². The van der Waals surface area contributed by atoms with Crippen molar-refractivity contribution in [2.75, 3.05) is 13.1 Å². The minimum absolute atomic E-state index is 0.304. The number of benzene rings is 1. The number of pyridine rings is 1. The summed E-state index contributed by atoms with van der Waals surface area (Å²) in [5.41, 5.74) is 0.586. The van der Waals surface area contributed by atoms with Crippen LogP contribution in [0, 0.1) is 5.92 Å². The number of halogens is 3. The first-order chi connectivity index (χ1) is 12.4. The quantitative estimate of drug-likeness (QED) is 0.891. The molecule has 26 heavy (non-hydrogen) atoms. The first-order valence-corrected chi connectivity index (χ1v) is 8.40. The third-order valence-corrected chi connectivity index (χ3v) is 4.72. The molecule has 2 atom stereocenters. The van der Waals surface area contributed by atoms with Crippen molar-refractivity contribution >= 4 is 5.97 Å². The second-order valence-electron chi connectivity index (χ2n) is 6.48. The Morgan fingerprint density at radius 3 is 2.58 bits per heavy atom. The third-order valence-electron chi connectivity index (χ3n) is 4.72. The zero-order valence-corrected chi connectivity index (χ0v) is 14.0. The van der Waals surface area contributed by atoms with Gasteiger partial charge in [-0.2, -0.15) is 13.2 Å². The summed E-state index contributed by atoms with van der Waals surface area (Å²) in [5, 5.41) is 9.34. The highest BCUT2D eigenvalue weighted by Crippen LogP contribution is 2.36. The molecule has 1 N–H and O–H groups in total. The molecule has 0 radical (unpaired) electrons. The summed E-state index contributed by atoms with van der Waals surface area (Å²) in [5.74, 6) is -1.38. The maximum absolute atomic E-state index is 13.1. The topological polar surface area (TPSA) is 53.4 Å². The SMILES string of the molecule is O=C(O)C1CCCN(C(c2ccncc2)c2cccc(C(F)(F)F)c2)C1. The Kier molecular flexibility index (Phi) is 5.27. The first kappa shape index (κ1) is 18.4. The van der Waals surface area contributed by atoms with Crippen LogP contribution in [0.25, 0.3) is 0 Å². The van der Waals surface area contributed by atoms with Gasteiger partial charge in [-0.1, -0.05) is 12.1 Å². The van der Waals surface area contributed by atoms with E-state index in [9.17, 15) is 23.1 Å². The van der Waals surface area contributed by atoms with Crippen LogP contribution in [0.4, 0.5) is 13.2 Å². The van der Waals surface area contributed by atoms with Crippen LogP contribution >= 0.6 is 0 Å². The molecule has 1 saturated heterocycles. The average Bonchev–Trinajstić information content (AvgIpc) is 2.63. The second kappa shape index (κ2) is 7.45. The second-order valence-corrected chi connectivity index (χ2v) is 6.48. The summed E-state index contributed by atoms with van der Waals surface area (Å²) in [6.07, 6.45) is 0.0302. The van der Waals surface area contributed by atoms with E-state index in [-0.39, 0.29) is 0 Å². The zero-order valence-electron chi connectivity index (χ0n) is 14.0. The fourth-order valence-electron chi connectivity index (χ4n) is 3.49. The Morgan fingerprint density at radius 2 is 1.92 bits per heavy atom. The summed E-state index contributed by atoms with van der Waals surface area (Å²) in [6, 6.07) is 8.32. The summed E-state index contributed by atoms with van der Waals surface area (Å²) in [4.78, 5) is 17.3. The monoisotopic (exact) mass is 364 g/mol. The smallest absolute Gasteiger partial charge is 0.416 e. The Morgan fingerprint density at radius 1 is 1.19 bits per heavy atom. The number of carboxylic acids is 1. The van der Waals surface area contributed by atoms with E-state index in [0.29, 0.717) is 31.5 Å². The molecule has 1 aromatic heterocycles. The molecule has 2 unspecified atom stereocenters. The molecule has 0 saturated carbocycles. The fraction of sp³-hybridized carbons (Fsp3) is 0.368. The number of aromatic nitrogens is 1. The summed E-state index contributed by atoms with van der Waals surface area (Å²) < 4.78 is 39.4. The van der Waals surface area contributed by atoms with Gasteiger partial charge in [0.05, 0.1) is 17.5 Å². The van der Waals surface area contributed by atoms with Gasteiger partial charge in [-0.15, -0.1) is 0 Å². The van der Waals surface area contributed by atoms with Gasteiger partial charge in [-0.05, 0) is 54.8 Å². The largest absolute Gasteiger partial charge is 0.481 e. The van der Waals surface area contributed by atoms with E-state index in [1.165, 1.54) is 6.07 Å². The number of carbonyl (C=O) groups is 1. The van der Waals surface area contributed by atoms with E-state index in [0.717, 1.165) is 17.7 Å². The Labute approximate surface area is 149 Å². The molecule has 3 rings (SSSR count). The minimum atomic E-state index is -4.43. The lowest BCUT2D eigenvalue weighted by atomic mass is 9.91. The number of alkyl halides is 3. The lowest BCUT2D eigenvalue weighted by molar-refractivity contribution is -0.143. The van der Waals surface area contributed by atoms with Gasteiger partial charge in [0.2, 0.25) is 0 Å². The van der Waals surface area contributed by atoms with Crippen molar-refractivity contribution in [3.8, 4) is 0 Å². The number of likely N-dealkylation sites (tertiary alicyclic amines) is 1. The van der Waals surface area contributed by atoms with Gasteiger partial charge in [0.25, 0.3) is 0 Å².